The lowest BCUT2D eigenvalue weighted by Gasteiger charge is -2.09. The number of carbonyl (C=O) groups is 1. The number of halogens is 2. The second kappa shape index (κ2) is 8.91. The number of aromatic nitrogens is 2. The number of nitrogens with zero attached hydrogens (tertiary/aromatic N) is 2. The van der Waals surface area contributed by atoms with Gasteiger partial charge in [0.2, 0.25) is 5.91 Å². The zero-order valence-corrected chi connectivity index (χ0v) is 16.5. The minimum atomic E-state index is -0.379. The van der Waals surface area contributed by atoms with Crippen LogP contribution in [0.5, 0.6) is 5.75 Å². The van der Waals surface area contributed by atoms with Crippen LogP contribution in [0.3, 0.4) is 0 Å². The number of rotatable bonds is 6. The van der Waals surface area contributed by atoms with Gasteiger partial charge in [0.15, 0.2) is 0 Å². The Kier molecular flexibility index (Phi) is 6.34. The van der Waals surface area contributed by atoms with Crippen LogP contribution >= 0.6 is 23.2 Å². The lowest BCUT2D eigenvalue weighted by atomic mass is 10.1. The summed E-state index contributed by atoms with van der Waals surface area (Å²) in [6, 6.07) is 13.4. The van der Waals surface area contributed by atoms with Gasteiger partial charge in [-0.05, 0) is 49.4 Å². The molecule has 2 aromatic carbocycles. The molecule has 1 N–H and O–H groups in total. The highest BCUT2D eigenvalue weighted by molar-refractivity contribution is 6.42. The van der Waals surface area contributed by atoms with E-state index in [0.717, 1.165) is 11.3 Å². The molecule has 0 bridgehead atoms. The molecule has 0 aliphatic rings. The average molecular weight is 418 g/mol. The molecule has 0 aliphatic carbocycles. The lowest BCUT2D eigenvalue weighted by Crippen LogP contribution is -2.27. The van der Waals surface area contributed by atoms with Crippen molar-refractivity contribution in [3.63, 3.8) is 0 Å². The highest BCUT2D eigenvalue weighted by atomic mass is 35.5. The maximum Gasteiger partial charge on any atom is 0.254 e. The molecule has 3 aromatic rings. The second-order valence-corrected chi connectivity index (χ2v) is 6.69. The van der Waals surface area contributed by atoms with Gasteiger partial charge in [-0.2, -0.15) is 0 Å². The Morgan fingerprint density at radius 1 is 1.11 bits per heavy atom. The van der Waals surface area contributed by atoms with Crippen molar-refractivity contribution in [2.24, 2.45) is 0 Å². The van der Waals surface area contributed by atoms with Crippen molar-refractivity contribution in [3.8, 4) is 17.0 Å². The van der Waals surface area contributed by atoms with Gasteiger partial charge in [-0.25, -0.2) is 4.98 Å². The molecule has 28 heavy (non-hydrogen) atoms. The number of ether oxygens (including phenoxy) is 1. The minimum absolute atomic E-state index is 0.171. The average Bonchev–Trinajstić information content (AvgIpc) is 2.67. The molecule has 0 spiro atoms. The van der Waals surface area contributed by atoms with Gasteiger partial charge in [0, 0.05) is 17.3 Å². The first-order valence-corrected chi connectivity index (χ1v) is 9.26. The van der Waals surface area contributed by atoms with E-state index in [1.54, 1.807) is 12.1 Å². The molecule has 1 heterocycles. The van der Waals surface area contributed by atoms with Crippen molar-refractivity contribution in [2.45, 2.75) is 13.5 Å². The van der Waals surface area contributed by atoms with Crippen molar-refractivity contribution >= 4 is 34.8 Å². The standard InChI is InChI=1S/C20H17Cl2N3O3/c1-2-28-15-6-3-13(4-7-15)18-10-20(27)25(12-23-18)11-19(26)24-14-5-8-16(21)17(22)9-14/h3-10,12H,2,11H2,1H3,(H,24,26). The summed E-state index contributed by atoms with van der Waals surface area (Å²) in [6.45, 7) is 2.32. The Labute approximate surface area is 171 Å². The minimum Gasteiger partial charge on any atom is -0.494 e. The fraction of sp³-hybridized carbons (Fsp3) is 0.150. The van der Waals surface area contributed by atoms with Gasteiger partial charge in [-0.3, -0.25) is 14.2 Å². The zero-order valence-electron chi connectivity index (χ0n) is 15.0. The van der Waals surface area contributed by atoms with E-state index in [1.807, 2.05) is 31.2 Å². The van der Waals surface area contributed by atoms with E-state index in [1.165, 1.54) is 23.0 Å². The molecular formula is C20H17Cl2N3O3. The summed E-state index contributed by atoms with van der Waals surface area (Å²) >= 11 is 11.8. The predicted molar refractivity (Wildman–Crippen MR) is 110 cm³/mol. The number of benzene rings is 2. The van der Waals surface area contributed by atoms with Gasteiger partial charge in [0.05, 0.1) is 28.7 Å². The Bertz CT molecular complexity index is 1050. The number of anilines is 1. The van der Waals surface area contributed by atoms with Crippen LogP contribution in [0.15, 0.2) is 59.7 Å². The predicted octanol–water partition coefficient (Wildman–Crippen LogP) is 4.25. The molecule has 1 amide bonds. The highest BCUT2D eigenvalue weighted by Gasteiger charge is 2.09. The van der Waals surface area contributed by atoms with Crippen LogP contribution in [0.2, 0.25) is 10.0 Å². The molecular weight excluding hydrogens is 401 g/mol. The third-order valence-electron chi connectivity index (χ3n) is 3.86. The van der Waals surface area contributed by atoms with Gasteiger partial charge in [-0.15, -0.1) is 0 Å². The van der Waals surface area contributed by atoms with E-state index in [0.29, 0.717) is 28.0 Å². The molecule has 0 fully saturated rings. The smallest absolute Gasteiger partial charge is 0.254 e. The Hall–Kier alpha value is -2.83. The van der Waals surface area contributed by atoms with Crippen LogP contribution < -0.4 is 15.6 Å². The largest absolute Gasteiger partial charge is 0.494 e. The molecule has 8 heteroatoms. The molecule has 0 saturated carbocycles. The van der Waals surface area contributed by atoms with Crippen LogP contribution in [0.4, 0.5) is 5.69 Å². The topological polar surface area (TPSA) is 73.2 Å². The Balaban J connectivity index is 1.70. The van der Waals surface area contributed by atoms with Gasteiger partial charge >= 0.3 is 0 Å². The summed E-state index contributed by atoms with van der Waals surface area (Å²) in [7, 11) is 0. The number of hydrogen-bond donors (Lipinski definition) is 1. The molecule has 1 aromatic heterocycles. The van der Waals surface area contributed by atoms with Crippen molar-refractivity contribution in [3.05, 3.63) is 75.3 Å². The van der Waals surface area contributed by atoms with Crippen LogP contribution in [0.1, 0.15) is 6.92 Å². The van der Waals surface area contributed by atoms with E-state index in [4.69, 9.17) is 27.9 Å². The first kappa shape index (κ1) is 19.9. The molecule has 144 valence electrons. The molecule has 0 atom stereocenters. The van der Waals surface area contributed by atoms with Gasteiger partial charge in [-0.1, -0.05) is 23.2 Å². The molecule has 0 radical (unpaired) electrons. The highest BCUT2D eigenvalue weighted by Crippen LogP contribution is 2.25. The van der Waals surface area contributed by atoms with Crippen LogP contribution in [0, 0.1) is 0 Å². The monoisotopic (exact) mass is 417 g/mol. The second-order valence-electron chi connectivity index (χ2n) is 5.87. The van der Waals surface area contributed by atoms with Crippen molar-refractivity contribution < 1.29 is 9.53 Å². The normalized spacial score (nSPS) is 10.5. The quantitative estimate of drug-likeness (QED) is 0.650. The van der Waals surface area contributed by atoms with Crippen LogP contribution in [-0.4, -0.2) is 22.1 Å². The molecule has 6 nitrogen and oxygen atoms in total. The number of amides is 1. The van der Waals surface area contributed by atoms with E-state index in [9.17, 15) is 9.59 Å². The van der Waals surface area contributed by atoms with E-state index in [2.05, 4.69) is 10.3 Å². The van der Waals surface area contributed by atoms with Crippen molar-refractivity contribution in [1.82, 2.24) is 9.55 Å². The third kappa shape index (κ3) is 4.91. The number of hydrogen-bond acceptors (Lipinski definition) is 4. The summed E-state index contributed by atoms with van der Waals surface area (Å²) in [4.78, 5) is 28.8. The van der Waals surface area contributed by atoms with E-state index in [-0.39, 0.29) is 18.0 Å². The maximum absolute atomic E-state index is 12.3. The molecule has 3 rings (SSSR count). The third-order valence-corrected chi connectivity index (χ3v) is 4.60. The molecule has 0 aliphatic heterocycles. The molecule has 0 unspecified atom stereocenters. The zero-order chi connectivity index (χ0) is 20.1. The van der Waals surface area contributed by atoms with Gasteiger partial charge in [0.1, 0.15) is 12.3 Å². The first-order chi connectivity index (χ1) is 13.5. The van der Waals surface area contributed by atoms with Gasteiger partial charge in [0.25, 0.3) is 5.56 Å². The van der Waals surface area contributed by atoms with Crippen molar-refractivity contribution in [2.75, 3.05) is 11.9 Å². The fourth-order valence-corrected chi connectivity index (χ4v) is 2.82. The summed E-state index contributed by atoms with van der Waals surface area (Å²) < 4.78 is 6.63. The van der Waals surface area contributed by atoms with E-state index >= 15 is 0 Å². The maximum atomic E-state index is 12.3. The lowest BCUT2D eigenvalue weighted by molar-refractivity contribution is -0.116. The number of carbonyl (C=O) groups excluding carboxylic acids is 1. The van der Waals surface area contributed by atoms with E-state index < -0.39 is 0 Å². The summed E-state index contributed by atoms with van der Waals surface area (Å²) in [6.07, 6.45) is 1.35. The SMILES string of the molecule is CCOc1ccc(-c2cc(=O)n(CC(=O)Nc3ccc(Cl)c(Cl)c3)cn2)cc1. The van der Waals surface area contributed by atoms with Crippen molar-refractivity contribution in [1.29, 1.82) is 0 Å². The summed E-state index contributed by atoms with van der Waals surface area (Å²) in [5, 5.41) is 3.39. The Morgan fingerprint density at radius 2 is 1.86 bits per heavy atom. The summed E-state index contributed by atoms with van der Waals surface area (Å²) in [5.41, 5.74) is 1.47. The van der Waals surface area contributed by atoms with Crippen LogP contribution in [-0.2, 0) is 11.3 Å². The Morgan fingerprint density at radius 3 is 2.50 bits per heavy atom. The summed E-state index contributed by atoms with van der Waals surface area (Å²) in [5.74, 6) is 0.370. The molecule has 0 saturated heterocycles. The van der Waals surface area contributed by atoms with Crippen LogP contribution in [0.25, 0.3) is 11.3 Å². The van der Waals surface area contributed by atoms with Gasteiger partial charge < -0.3 is 10.1 Å². The first-order valence-electron chi connectivity index (χ1n) is 8.51. The number of nitrogens with one attached hydrogen (secondary N) is 1. The fourth-order valence-electron chi connectivity index (χ4n) is 2.52.